The Balaban J connectivity index is 1.43. The van der Waals surface area contributed by atoms with Gasteiger partial charge < -0.3 is 20.7 Å². The van der Waals surface area contributed by atoms with E-state index < -0.39 is 17.8 Å². The van der Waals surface area contributed by atoms with E-state index in [9.17, 15) is 22.8 Å². The predicted molar refractivity (Wildman–Crippen MR) is 131 cm³/mol. The van der Waals surface area contributed by atoms with Gasteiger partial charge in [-0.15, -0.1) is 0 Å². The molecule has 4 aromatic rings. The van der Waals surface area contributed by atoms with Gasteiger partial charge in [0, 0.05) is 25.9 Å². The average molecular weight is 525 g/mol. The highest BCUT2D eigenvalue weighted by Gasteiger charge is 2.31. The Hall–Kier alpha value is -4.94. The second kappa shape index (κ2) is 11.0. The van der Waals surface area contributed by atoms with Crippen molar-refractivity contribution in [3.63, 3.8) is 0 Å². The van der Waals surface area contributed by atoms with E-state index in [-0.39, 0.29) is 29.5 Å². The minimum atomic E-state index is -4.59. The van der Waals surface area contributed by atoms with Gasteiger partial charge in [-0.25, -0.2) is 14.5 Å². The fourth-order valence-corrected chi connectivity index (χ4v) is 3.48. The number of nitrogens with one attached hydrogen (secondary N) is 3. The summed E-state index contributed by atoms with van der Waals surface area (Å²) in [6.45, 7) is 1.91. The van der Waals surface area contributed by atoms with E-state index in [1.54, 1.807) is 24.3 Å². The number of aryl methyl sites for hydroxylation is 1. The summed E-state index contributed by atoms with van der Waals surface area (Å²) in [5, 5.41) is 11.5. The molecular weight excluding hydrogens is 503 g/mol. The van der Waals surface area contributed by atoms with Gasteiger partial charge in [0.2, 0.25) is 0 Å². The van der Waals surface area contributed by atoms with Crippen molar-refractivity contribution in [2.75, 3.05) is 12.4 Å². The molecule has 38 heavy (non-hydrogen) atoms. The molecule has 2 heterocycles. The number of carbonyl (C=O) groups excluding carboxylic acids is 2. The van der Waals surface area contributed by atoms with Crippen molar-refractivity contribution < 1.29 is 27.5 Å². The van der Waals surface area contributed by atoms with Crippen LogP contribution < -0.4 is 20.7 Å². The third-order valence-corrected chi connectivity index (χ3v) is 5.35. The van der Waals surface area contributed by atoms with E-state index >= 15 is 0 Å². The van der Waals surface area contributed by atoms with Crippen LogP contribution in [-0.2, 0) is 12.7 Å². The lowest BCUT2D eigenvalue weighted by atomic mass is 10.1. The molecule has 10 nitrogen and oxygen atoms in total. The van der Waals surface area contributed by atoms with E-state index in [1.165, 1.54) is 42.7 Å². The van der Waals surface area contributed by atoms with Gasteiger partial charge in [0.1, 0.15) is 29.8 Å². The maximum absolute atomic E-state index is 13.2. The van der Waals surface area contributed by atoms with Gasteiger partial charge in [-0.1, -0.05) is 12.1 Å². The first kappa shape index (κ1) is 26.1. The summed E-state index contributed by atoms with van der Waals surface area (Å²) in [6, 6.07) is 10.6. The van der Waals surface area contributed by atoms with Crippen LogP contribution >= 0.6 is 0 Å². The molecule has 0 saturated carbocycles. The molecule has 0 atom stereocenters. The number of urea groups is 1. The number of halogens is 3. The number of aromatic nitrogens is 4. The predicted octanol–water partition coefficient (Wildman–Crippen LogP) is 4.46. The zero-order valence-corrected chi connectivity index (χ0v) is 20.2. The Morgan fingerprint density at radius 1 is 1.08 bits per heavy atom. The maximum Gasteiger partial charge on any atom is 0.416 e. The zero-order valence-electron chi connectivity index (χ0n) is 20.2. The van der Waals surface area contributed by atoms with E-state index in [1.807, 2.05) is 6.92 Å². The number of hydrogen-bond donors (Lipinski definition) is 3. The van der Waals surface area contributed by atoms with Gasteiger partial charge >= 0.3 is 12.2 Å². The second-order valence-electron chi connectivity index (χ2n) is 8.04. The van der Waals surface area contributed by atoms with E-state index in [0.717, 1.165) is 23.3 Å². The van der Waals surface area contributed by atoms with Gasteiger partial charge in [0.15, 0.2) is 0 Å². The molecule has 0 aliphatic heterocycles. The largest absolute Gasteiger partial charge is 0.457 e. The van der Waals surface area contributed by atoms with Crippen molar-refractivity contribution >= 4 is 17.6 Å². The molecule has 4 rings (SSSR count). The number of alkyl halides is 3. The van der Waals surface area contributed by atoms with E-state index in [2.05, 4.69) is 31.0 Å². The molecule has 0 bridgehead atoms. The van der Waals surface area contributed by atoms with Crippen LogP contribution in [0, 0.1) is 6.92 Å². The molecule has 3 amide bonds. The number of pyridine rings is 1. The highest BCUT2D eigenvalue weighted by Crippen LogP contribution is 2.33. The first-order valence-electron chi connectivity index (χ1n) is 11.2. The average Bonchev–Trinajstić information content (AvgIpc) is 3.43. The molecule has 0 saturated heterocycles. The first-order chi connectivity index (χ1) is 18.1. The lowest BCUT2D eigenvalue weighted by Gasteiger charge is -2.15. The van der Waals surface area contributed by atoms with Gasteiger partial charge in [0.05, 0.1) is 16.9 Å². The molecule has 0 aliphatic rings. The highest BCUT2D eigenvalue weighted by atomic mass is 19.4. The number of nitrogens with zero attached hydrogens (tertiary/aromatic N) is 4. The molecule has 0 radical (unpaired) electrons. The third kappa shape index (κ3) is 6.24. The molecule has 0 fully saturated rings. The number of carbonyl (C=O) groups is 2. The topological polar surface area (TPSA) is 123 Å². The number of amides is 3. The van der Waals surface area contributed by atoms with Crippen molar-refractivity contribution in [1.29, 1.82) is 0 Å². The number of ether oxygens (including phenoxy) is 1. The quantitative estimate of drug-likeness (QED) is 0.327. The third-order valence-electron chi connectivity index (χ3n) is 5.35. The zero-order chi connectivity index (χ0) is 27.3. The fraction of sp³-hybridized carbons (Fsp3) is 0.160. The molecule has 0 aliphatic carbocycles. The second-order valence-corrected chi connectivity index (χ2v) is 8.04. The van der Waals surface area contributed by atoms with Crippen molar-refractivity contribution in [3.05, 3.63) is 89.8 Å². The van der Waals surface area contributed by atoms with Crippen LogP contribution in [0.2, 0.25) is 0 Å². The number of benzene rings is 2. The first-order valence-corrected chi connectivity index (χ1v) is 11.2. The molecule has 196 valence electrons. The highest BCUT2D eigenvalue weighted by molar-refractivity contribution is 5.92. The Labute approximate surface area is 214 Å². The van der Waals surface area contributed by atoms with Crippen molar-refractivity contribution in [1.82, 2.24) is 30.4 Å². The van der Waals surface area contributed by atoms with Gasteiger partial charge in [-0.05, 0) is 48.4 Å². The van der Waals surface area contributed by atoms with E-state index in [0.29, 0.717) is 11.5 Å². The monoisotopic (exact) mass is 525 g/mol. The van der Waals surface area contributed by atoms with Crippen LogP contribution in [0.25, 0.3) is 5.69 Å². The van der Waals surface area contributed by atoms with Crippen molar-refractivity contribution in [3.8, 4) is 17.2 Å². The Morgan fingerprint density at radius 2 is 1.89 bits per heavy atom. The smallest absolute Gasteiger partial charge is 0.416 e. The molecule has 3 N–H and O–H groups in total. The Kier molecular flexibility index (Phi) is 7.55. The lowest BCUT2D eigenvalue weighted by Crippen LogP contribution is -2.29. The summed E-state index contributed by atoms with van der Waals surface area (Å²) in [7, 11) is 1.50. The number of anilines is 1. The van der Waals surface area contributed by atoms with Crippen LogP contribution in [0.3, 0.4) is 0 Å². The van der Waals surface area contributed by atoms with Crippen molar-refractivity contribution in [2.24, 2.45) is 0 Å². The van der Waals surface area contributed by atoms with E-state index in [4.69, 9.17) is 4.74 Å². The Morgan fingerprint density at radius 3 is 2.58 bits per heavy atom. The SMILES string of the molecule is CNC(=O)c1cc(Oc2ccc(CNC(=O)Nc3cc(C(F)(F)F)ccc3-n3cncn3)cc2C)ccn1. The van der Waals surface area contributed by atoms with Gasteiger partial charge in [-0.3, -0.25) is 9.78 Å². The minimum Gasteiger partial charge on any atom is -0.457 e. The normalized spacial score (nSPS) is 11.1. The summed E-state index contributed by atoms with van der Waals surface area (Å²) in [6.07, 6.45) is -0.587. The molecule has 2 aromatic carbocycles. The summed E-state index contributed by atoms with van der Waals surface area (Å²) in [4.78, 5) is 32.1. The van der Waals surface area contributed by atoms with Crippen LogP contribution in [0.5, 0.6) is 11.5 Å². The summed E-state index contributed by atoms with van der Waals surface area (Å²) < 4.78 is 46.8. The number of hydrogen-bond acceptors (Lipinski definition) is 6. The molecular formula is C25H22F3N7O3. The van der Waals surface area contributed by atoms with Gasteiger partial charge in [0.25, 0.3) is 5.91 Å². The fourth-order valence-electron chi connectivity index (χ4n) is 3.48. The molecule has 2 aromatic heterocycles. The molecule has 0 unspecified atom stereocenters. The lowest BCUT2D eigenvalue weighted by molar-refractivity contribution is -0.137. The van der Waals surface area contributed by atoms with Crippen LogP contribution in [0.15, 0.2) is 67.4 Å². The standard InChI is InChI=1S/C25H22F3N7O3/c1-15-9-16(3-6-22(15)38-18-7-8-31-20(11-18)23(36)29-2)12-32-24(37)34-19-10-17(25(26,27)28)4-5-21(19)35-14-30-13-33-35/h3-11,13-14H,12H2,1-2H3,(H,29,36)(H2,32,34,37). The summed E-state index contributed by atoms with van der Waals surface area (Å²) in [5.41, 5.74) is 0.914. The summed E-state index contributed by atoms with van der Waals surface area (Å²) in [5.74, 6) is 0.621. The molecule has 0 spiro atoms. The van der Waals surface area contributed by atoms with Gasteiger partial charge in [-0.2, -0.15) is 18.3 Å². The minimum absolute atomic E-state index is 0.0868. The summed E-state index contributed by atoms with van der Waals surface area (Å²) >= 11 is 0. The van der Waals surface area contributed by atoms with Crippen LogP contribution in [0.1, 0.15) is 27.2 Å². The number of rotatable bonds is 7. The van der Waals surface area contributed by atoms with Crippen LogP contribution in [0.4, 0.5) is 23.7 Å². The van der Waals surface area contributed by atoms with Crippen LogP contribution in [-0.4, -0.2) is 38.7 Å². The maximum atomic E-state index is 13.2. The van der Waals surface area contributed by atoms with Crippen molar-refractivity contribution in [2.45, 2.75) is 19.6 Å². The Bertz CT molecular complexity index is 1460. The molecule has 13 heteroatoms.